The highest BCUT2D eigenvalue weighted by Gasteiger charge is 2.16. The van der Waals surface area contributed by atoms with Crippen LogP contribution in [0.5, 0.6) is 0 Å². The van der Waals surface area contributed by atoms with Gasteiger partial charge in [-0.3, -0.25) is 4.79 Å². The Labute approximate surface area is 132 Å². The normalized spacial score (nSPS) is 11.9. The van der Waals surface area contributed by atoms with E-state index in [1.54, 1.807) is 0 Å². The van der Waals surface area contributed by atoms with E-state index in [1.165, 1.54) is 12.1 Å². The van der Waals surface area contributed by atoms with E-state index in [2.05, 4.69) is 5.32 Å². The van der Waals surface area contributed by atoms with Gasteiger partial charge >= 0.3 is 5.97 Å². The lowest BCUT2D eigenvalue weighted by atomic mass is 9.96. The molecule has 116 valence electrons. The Balaban J connectivity index is 1.99. The van der Waals surface area contributed by atoms with Gasteiger partial charge in [0, 0.05) is 19.1 Å². The molecule has 2 rings (SSSR count). The summed E-state index contributed by atoms with van der Waals surface area (Å²) in [6.07, 6.45) is 0.551. The topological polar surface area (TPSA) is 86.6 Å². The van der Waals surface area contributed by atoms with Gasteiger partial charge in [-0.05, 0) is 24.1 Å². The molecule has 6 heteroatoms. The quantitative estimate of drug-likeness (QED) is 0.731. The highest BCUT2D eigenvalue weighted by atomic mass is 32.1. The molecule has 0 radical (unpaired) electrons. The molecule has 3 N–H and O–H groups in total. The molecule has 0 spiro atoms. The summed E-state index contributed by atoms with van der Waals surface area (Å²) in [4.78, 5) is 23.4. The third kappa shape index (κ3) is 4.16. The molecule has 1 atom stereocenters. The molecule has 0 fully saturated rings. The number of carboxylic acids is 1. The van der Waals surface area contributed by atoms with Gasteiger partial charge < -0.3 is 15.5 Å². The Morgan fingerprint density at radius 2 is 1.77 bits per heavy atom. The van der Waals surface area contributed by atoms with E-state index >= 15 is 0 Å². The number of benzene rings is 1. The van der Waals surface area contributed by atoms with Crippen LogP contribution in [0.2, 0.25) is 0 Å². The highest BCUT2D eigenvalue weighted by Crippen LogP contribution is 2.20. The number of carboxylic acid groups (broad SMARTS) is 1. The largest absolute Gasteiger partial charge is 0.477 e. The summed E-state index contributed by atoms with van der Waals surface area (Å²) >= 11 is 0.949. The number of nitrogens with one attached hydrogen (secondary N) is 1. The molecule has 0 bridgehead atoms. The number of amides is 1. The summed E-state index contributed by atoms with van der Waals surface area (Å²) in [5, 5.41) is 20.8. The number of aliphatic hydroxyl groups is 1. The second-order valence-electron chi connectivity index (χ2n) is 4.80. The van der Waals surface area contributed by atoms with Crippen LogP contribution in [0.1, 0.15) is 37.2 Å². The smallest absolute Gasteiger partial charge is 0.345 e. The summed E-state index contributed by atoms with van der Waals surface area (Å²) in [6, 6.07) is 12.6. The van der Waals surface area contributed by atoms with Crippen molar-refractivity contribution in [2.75, 3.05) is 13.2 Å². The van der Waals surface area contributed by atoms with Crippen LogP contribution in [0.25, 0.3) is 0 Å². The monoisotopic (exact) mass is 319 g/mol. The van der Waals surface area contributed by atoms with Crippen LogP contribution in [0.4, 0.5) is 0 Å². The van der Waals surface area contributed by atoms with E-state index in [0.717, 1.165) is 16.9 Å². The number of carbonyl (C=O) groups is 2. The minimum atomic E-state index is -1.04. The molecular formula is C16H17NO4S. The van der Waals surface area contributed by atoms with Crippen LogP contribution in [0, 0.1) is 0 Å². The Morgan fingerprint density at radius 3 is 2.36 bits per heavy atom. The molecule has 1 aromatic heterocycles. The van der Waals surface area contributed by atoms with Crippen LogP contribution in [-0.4, -0.2) is 35.2 Å². The summed E-state index contributed by atoms with van der Waals surface area (Å²) in [7, 11) is 0. The minimum Gasteiger partial charge on any atom is -0.477 e. The molecule has 0 aliphatic heterocycles. The number of aliphatic hydroxyl groups excluding tert-OH is 1. The number of hydrogen-bond donors (Lipinski definition) is 3. The first-order chi connectivity index (χ1) is 10.6. The van der Waals surface area contributed by atoms with Crippen molar-refractivity contribution in [3.05, 3.63) is 57.8 Å². The predicted octanol–water partition coefficient (Wildman–Crippen LogP) is 2.34. The van der Waals surface area contributed by atoms with Crippen LogP contribution in [0.15, 0.2) is 42.5 Å². The maximum absolute atomic E-state index is 12.1. The molecule has 1 unspecified atom stereocenters. The zero-order valence-electron chi connectivity index (χ0n) is 11.9. The molecule has 1 aromatic carbocycles. The molecule has 22 heavy (non-hydrogen) atoms. The van der Waals surface area contributed by atoms with Crippen molar-refractivity contribution in [3.63, 3.8) is 0 Å². The Hall–Kier alpha value is -2.18. The van der Waals surface area contributed by atoms with E-state index in [4.69, 9.17) is 10.2 Å². The summed E-state index contributed by atoms with van der Waals surface area (Å²) in [6.45, 7) is 0.432. The van der Waals surface area contributed by atoms with E-state index < -0.39 is 5.97 Å². The molecule has 2 aromatic rings. The molecule has 1 amide bonds. The van der Waals surface area contributed by atoms with Gasteiger partial charge in [0.15, 0.2) is 0 Å². The van der Waals surface area contributed by atoms with Gasteiger partial charge in [0.1, 0.15) is 4.88 Å². The zero-order chi connectivity index (χ0) is 15.9. The Bertz CT molecular complexity index is 639. The van der Waals surface area contributed by atoms with Crippen molar-refractivity contribution in [1.29, 1.82) is 0 Å². The van der Waals surface area contributed by atoms with Crippen molar-refractivity contribution in [2.45, 2.75) is 12.3 Å². The van der Waals surface area contributed by atoms with Gasteiger partial charge in [0.05, 0.1) is 4.88 Å². The van der Waals surface area contributed by atoms with Gasteiger partial charge in [0.25, 0.3) is 5.91 Å². The average Bonchev–Trinajstić information content (AvgIpc) is 3.02. The summed E-state index contributed by atoms with van der Waals surface area (Å²) in [5.74, 6) is -1.31. The third-order valence-electron chi connectivity index (χ3n) is 3.30. The van der Waals surface area contributed by atoms with Crippen molar-refractivity contribution >= 4 is 23.2 Å². The fourth-order valence-corrected chi connectivity index (χ4v) is 2.91. The highest BCUT2D eigenvalue weighted by molar-refractivity contribution is 7.15. The summed E-state index contributed by atoms with van der Waals surface area (Å²) in [5.41, 5.74) is 1.05. The minimum absolute atomic E-state index is 0.0223. The standard InChI is InChI=1S/C16H17NO4S/c18-9-8-12(11-4-2-1-3-5-11)10-17-15(19)13-6-7-14(22-13)16(20)21/h1-7,12,18H,8-10H2,(H,17,19)(H,20,21). The summed E-state index contributed by atoms with van der Waals surface area (Å²) < 4.78 is 0. The van der Waals surface area contributed by atoms with Crippen LogP contribution in [-0.2, 0) is 0 Å². The predicted molar refractivity (Wildman–Crippen MR) is 84.5 cm³/mol. The number of rotatable bonds is 7. The molecule has 1 heterocycles. The van der Waals surface area contributed by atoms with E-state index in [9.17, 15) is 9.59 Å². The zero-order valence-corrected chi connectivity index (χ0v) is 12.7. The molecule has 5 nitrogen and oxygen atoms in total. The lowest BCUT2D eigenvalue weighted by Crippen LogP contribution is -2.28. The van der Waals surface area contributed by atoms with Gasteiger partial charge in [-0.1, -0.05) is 30.3 Å². The first-order valence-corrected chi connectivity index (χ1v) is 7.70. The third-order valence-corrected chi connectivity index (χ3v) is 4.37. The van der Waals surface area contributed by atoms with Crippen LogP contribution >= 0.6 is 11.3 Å². The van der Waals surface area contributed by atoms with Crippen molar-refractivity contribution in [1.82, 2.24) is 5.32 Å². The molecule has 0 saturated heterocycles. The van der Waals surface area contributed by atoms with Gasteiger partial charge in [-0.25, -0.2) is 4.79 Å². The van der Waals surface area contributed by atoms with Gasteiger partial charge in [-0.2, -0.15) is 0 Å². The average molecular weight is 319 g/mol. The number of thiophene rings is 1. The van der Waals surface area contributed by atoms with Gasteiger partial charge in [-0.15, -0.1) is 11.3 Å². The van der Waals surface area contributed by atoms with Crippen molar-refractivity contribution in [3.8, 4) is 0 Å². The number of hydrogen-bond acceptors (Lipinski definition) is 4. The van der Waals surface area contributed by atoms with Gasteiger partial charge in [0.2, 0.25) is 0 Å². The van der Waals surface area contributed by atoms with Crippen LogP contribution < -0.4 is 5.32 Å². The lowest BCUT2D eigenvalue weighted by molar-refractivity contribution is 0.0702. The molecule has 0 aliphatic carbocycles. The van der Waals surface area contributed by atoms with Crippen molar-refractivity contribution < 1.29 is 19.8 Å². The van der Waals surface area contributed by atoms with E-state index in [1.807, 2.05) is 30.3 Å². The molecule has 0 aliphatic rings. The maximum atomic E-state index is 12.1. The molecule has 0 saturated carbocycles. The lowest BCUT2D eigenvalue weighted by Gasteiger charge is -2.16. The number of aromatic carboxylic acids is 1. The van der Waals surface area contributed by atoms with Crippen molar-refractivity contribution in [2.24, 2.45) is 0 Å². The van der Waals surface area contributed by atoms with E-state index in [0.29, 0.717) is 17.8 Å². The fourth-order valence-electron chi connectivity index (χ4n) is 2.15. The first-order valence-electron chi connectivity index (χ1n) is 6.89. The maximum Gasteiger partial charge on any atom is 0.345 e. The SMILES string of the molecule is O=C(O)c1ccc(C(=O)NCC(CCO)c2ccccc2)s1. The first kappa shape index (κ1) is 16.2. The Morgan fingerprint density at radius 1 is 1.09 bits per heavy atom. The fraction of sp³-hybridized carbons (Fsp3) is 0.250. The van der Waals surface area contributed by atoms with Crippen LogP contribution in [0.3, 0.4) is 0 Å². The van der Waals surface area contributed by atoms with E-state index in [-0.39, 0.29) is 23.3 Å². The Kier molecular flexibility index (Phi) is 5.68. The second-order valence-corrected chi connectivity index (χ2v) is 5.88. The second kappa shape index (κ2) is 7.72. The number of carbonyl (C=O) groups excluding carboxylic acids is 1. The molecular weight excluding hydrogens is 302 g/mol.